The molecule has 24 heavy (non-hydrogen) atoms. The second kappa shape index (κ2) is 7.41. The van der Waals surface area contributed by atoms with Gasteiger partial charge in [0.1, 0.15) is 0 Å². The second-order valence-electron chi connectivity index (χ2n) is 5.16. The quantitative estimate of drug-likeness (QED) is 0.532. The molecule has 1 heterocycles. The molecule has 0 fully saturated rings. The highest BCUT2D eigenvalue weighted by atomic mass is 16.5. The van der Waals surface area contributed by atoms with Crippen molar-refractivity contribution < 1.29 is 19.1 Å². The predicted octanol–water partition coefficient (Wildman–Crippen LogP) is 2.42. The Kier molecular flexibility index (Phi) is 4.86. The fraction of sp³-hybridized carbons (Fsp3) is 0.167. The van der Waals surface area contributed by atoms with Gasteiger partial charge < -0.3 is 9.47 Å². The lowest BCUT2D eigenvalue weighted by Gasteiger charge is -2.08. The summed E-state index contributed by atoms with van der Waals surface area (Å²) >= 11 is 0. The molecule has 0 atom stereocenters. The number of carbonyl (C=O) groups excluding carboxylic acids is 2. The Morgan fingerprint density at radius 3 is 2.58 bits per heavy atom. The summed E-state index contributed by atoms with van der Waals surface area (Å²) in [4.78, 5) is 23.1. The highest BCUT2D eigenvalue weighted by Crippen LogP contribution is 2.30. The fourth-order valence-electron chi connectivity index (χ4n) is 2.27. The van der Waals surface area contributed by atoms with Gasteiger partial charge >= 0.3 is 0 Å². The molecule has 6 nitrogen and oxygen atoms in total. The maximum absolute atomic E-state index is 12.2. The molecule has 6 heteroatoms. The Morgan fingerprint density at radius 2 is 1.79 bits per heavy atom. The van der Waals surface area contributed by atoms with Crippen molar-refractivity contribution in [3.8, 4) is 11.5 Å². The lowest BCUT2D eigenvalue weighted by atomic mass is 10.1. The van der Waals surface area contributed by atoms with Crippen LogP contribution in [0.2, 0.25) is 0 Å². The van der Waals surface area contributed by atoms with Crippen molar-refractivity contribution in [1.29, 1.82) is 0 Å². The van der Waals surface area contributed by atoms with Gasteiger partial charge in [-0.25, -0.2) is 5.43 Å². The second-order valence-corrected chi connectivity index (χ2v) is 5.16. The summed E-state index contributed by atoms with van der Waals surface area (Å²) in [5, 5.41) is 3.90. The molecule has 1 N–H and O–H groups in total. The molecule has 0 saturated carbocycles. The number of aldehydes is 1. The highest BCUT2D eigenvalue weighted by molar-refractivity contribution is 5.96. The smallest absolute Gasteiger partial charge is 0.271 e. The maximum Gasteiger partial charge on any atom is 0.271 e. The van der Waals surface area contributed by atoms with Crippen LogP contribution >= 0.6 is 0 Å². The summed E-state index contributed by atoms with van der Waals surface area (Å²) in [6, 6.07) is 12.0. The van der Waals surface area contributed by atoms with Crippen LogP contribution in [0.25, 0.3) is 0 Å². The third kappa shape index (κ3) is 3.60. The summed E-state index contributed by atoms with van der Waals surface area (Å²) in [6.07, 6.45) is 2.98. The van der Waals surface area contributed by atoms with Crippen molar-refractivity contribution in [3.05, 3.63) is 59.2 Å². The van der Waals surface area contributed by atoms with Gasteiger partial charge in [-0.05, 0) is 18.2 Å². The molecule has 122 valence electrons. The normalized spacial score (nSPS) is 13.3. The lowest BCUT2D eigenvalue weighted by Crippen LogP contribution is -2.17. The van der Waals surface area contributed by atoms with Crippen molar-refractivity contribution in [3.63, 3.8) is 0 Å². The molecular weight excluding hydrogens is 308 g/mol. The number of amides is 1. The number of nitrogens with one attached hydrogen (secondary N) is 1. The molecule has 0 spiro atoms. The molecular formula is C18H16N2O4. The monoisotopic (exact) mass is 324 g/mol. The minimum absolute atomic E-state index is 0.370. The van der Waals surface area contributed by atoms with Crippen molar-refractivity contribution in [2.45, 2.75) is 6.42 Å². The van der Waals surface area contributed by atoms with Crippen LogP contribution in [0.3, 0.4) is 0 Å². The van der Waals surface area contributed by atoms with E-state index in [4.69, 9.17) is 9.47 Å². The number of hydrogen-bond acceptors (Lipinski definition) is 5. The Bertz CT molecular complexity index is 786. The summed E-state index contributed by atoms with van der Waals surface area (Å²) < 4.78 is 11.1. The van der Waals surface area contributed by atoms with Gasteiger partial charge in [0.15, 0.2) is 17.8 Å². The van der Waals surface area contributed by atoms with E-state index >= 15 is 0 Å². The molecule has 3 rings (SSSR count). The van der Waals surface area contributed by atoms with E-state index in [1.165, 1.54) is 6.21 Å². The predicted molar refractivity (Wildman–Crippen MR) is 88.9 cm³/mol. The average Bonchev–Trinajstić information content (AvgIpc) is 2.86. The minimum atomic E-state index is -0.370. The SMILES string of the molecule is O=Cc1ccccc1/C=N/NC(=O)c1ccc2c(c1)OCCCO2. The van der Waals surface area contributed by atoms with E-state index in [9.17, 15) is 9.59 Å². The van der Waals surface area contributed by atoms with E-state index in [2.05, 4.69) is 10.5 Å². The number of hydrazone groups is 1. The Morgan fingerprint density at radius 1 is 1.04 bits per heavy atom. The number of hydrogen-bond donors (Lipinski definition) is 1. The van der Waals surface area contributed by atoms with Gasteiger partial charge in [-0.15, -0.1) is 0 Å². The Hall–Kier alpha value is -3.15. The first-order valence-corrected chi connectivity index (χ1v) is 7.55. The molecule has 2 aromatic carbocycles. The molecule has 0 aromatic heterocycles. The van der Waals surface area contributed by atoms with Crippen LogP contribution in [-0.4, -0.2) is 31.6 Å². The van der Waals surface area contributed by atoms with Crippen LogP contribution in [0.15, 0.2) is 47.6 Å². The zero-order chi connectivity index (χ0) is 16.8. The van der Waals surface area contributed by atoms with E-state index in [-0.39, 0.29) is 5.91 Å². The Balaban J connectivity index is 1.70. The number of nitrogens with zero attached hydrogens (tertiary/aromatic N) is 1. The first kappa shape index (κ1) is 15.7. The van der Waals surface area contributed by atoms with Gasteiger partial charge in [-0.3, -0.25) is 9.59 Å². The highest BCUT2D eigenvalue weighted by Gasteiger charge is 2.13. The van der Waals surface area contributed by atoms with Gasteiger partial charge in [-0.2, -0.15) is 5.10 Å². The van der Waals surface area contributed by atoms with Crippen LogP contribution < -0.4 is 14.9 Å². The van der Waals surface area contributed by atoms with E-state index < -0.39 is 0 Å². The van der Waals surface area contributed by atoms with E-state index in [1.54, 1.807) is 42.5 Å². The van der Waals surface area contributed by atoms with Gasteiger partial charge in [0.2, 0.25) is 0 Å². The topological polar surface area (TPSA) is 77.0 Å². The average molecular weight is 324 g/mol. The van der Waals surface area contributed by atoms with Crippen LogP contribution in [0.5, 0.6) is 11.5 Å². The molecule has 2 aromatic rings. The Labute approximate surface area is 139 Å². The molecule has 0 saturated heterocycles. The third-order valence-electron chi connectivity index (χ3n) is 3.50. The first-order valence-electron chi connectivity index (χ1n) is 7.55. The largest absolute Gasteiger partial charge is 0.490 e. The van der Waals surface area contributed by atoms with Gasteiger partial charge in [0.05, 0.1) is 19.4 Å². The summed E-state index contributed by atoms with van der Waals surface area (Å²) in [5.74, 6) is 0.813. The fourth-order valence-corrected chi connectivity index (χ4v) is 2.27. The summed E-state index contributed by atoms with van der Waals surface area (Å²) in [6.45, 7) is 1.15. The van der Waals surface area contributed by atoms with Gasteiger partial charge in [-0.1, -0.05) is 24.3 Å². The maximum atomic E-state index is 12.2. The minimum Gasteiger partial charge on any atom is -0.490 e. The van der Waals surface area contributed by atoms with Crippen molar-refractivity contribution in [2.75, 3.05) is 13.2 Å². The number of carbonyl (C=O) groups is 2. The number of benzene rings is 2. The van der Waals surface area contributed by atoms with Crippen LogP contribution in [0, 0.1) is 0 Å². The van der Waals surface area contributed by atoms with Gasteiger partial charge in [0, 0.05) is 23.1 Å². The zero-order valence-electron chi connectivity index (χ0n) is 12.9. The van der Waals surface area contributed by atoms with Crippen molar-refractivity contribution in [1.82, 2.24) is 5.43 Å². The summed E-state index contributed by atoms with van der Waals surface area (Å²) in [7, 11) is 0. The summed E-state index contributed by atoms with van der Waals surface area (Å²) in [5.41, 5.74) is 3.99. The molecule has 0 bridgehead atoms. The lowest BCUT2D eigenvalue weighted by molar-refractivity contribution is 0.0954. The van der Waals surface area contributed by atoms with Crippen molar-refractivity contribution >= 4 is 18.4 Å². The molecule has 1 aliphatic rings. The van der Waals surface area contributed by atoms with E-state index in [0.29, 0.717) is 41.4 Å². The molecule has 1 aliphatic heterocycles. The van der Waals surface area contributed by atoms with E-state index in [0.717, 1.165) is 12.7 Å². The number of fused-ring (bicyclic) bond motifs is 1. The molecule has 0 radical (unpaired) electrons. The van der Waals surface area contributed by atoms with Crippen LogP contribution in [0.1, 0.15) is 32.7 Å². The zero-order valence-corrected chi connectivity index (χ0v) is 12.9. The molecule has 0 unspecified atom stereocenters. The van der Waals surface area contributed by atoms with E-state index in [1.807, 2.05) is 0 Å². The van der Waals surface area contributed by atoms with Crippen LogP contribution in [-0.2, 0) is 0 Å². The standard InChI is InChI=1S/C18H16N2O4/c21-12-15-5-2-1-4-14(15)11-19-20-18(22)13-6-7-16-17(10-13)24-9-3-8-23-16/h1-2,4-7,10-12H,3,8-9H2,(H,20,22)/b19-11+. The number of ether oxygens (including phenoxy) is 2. The first-order chi connectivity index (χ1) is 11.8. The number of rotatable bonds is 4. The van der Waals surface area contributed by atoms with Gasteiger partial charge in [0.25, 0.3) is 5.91 Å². The molecule has 1 amide bonds. The van der Waals surface area contributed by atoms with Crippen LogP contribution in [0.4, 0.5) is 0 Å². The van der Waals surface area contributed by atoms with Crippen molar-refractivity contribution in [2.24, 2.45) is 5.10 Å². The molecule has 0 aliphatic carbocycles. The third-order valence-corrected chi connectivity index (χ3v) is 3.50.